The monoisotopic (exact) mass is 448 g/mol. The van der Waals surface area contributed by atoms with Gasteiger partial charge in [0.05, 0.1) is 19.1 Å². The van der Waals surface area contributed by atoms with Crippen molar-refractivity contribution < 1.29 is 19.0 Å². The van der Waals surface area contributed by atoms with Crippen molar-refractivity contribution >= 4 is 14.3 Å². The molecule has 6 heteroatoms. The first-order chi connectivity index (χ1) is 13.9. The molecule has 0 amide bonds. The van der Waals surface area contributed by atoms with E-state index in [4.69, 9.17) is 4.74 Å². The molecule has 5 unspecified atom stereocenters. The lowest BCUT2D eigenvalue weighted by Crippen LogP contribution is -2.33. The van der Waals surface area contributed by atoms with Crippen molar-refractivity contribution in [1.29, 1.82) is 0 Å². The summed E-state index contributed by atoms with van der Waals surface area (Å²) in [5, 5.41) is 9.77. The lowest BCUT2D eigenvalue weighted by atomic mass is 9.89. The summed E-state index contributed by atoms with van der Waals surface area (Å²) >= 11 is 0. The molecule has 0 aromatic heterocycles. The number of ether oxygens (including phenoxy) is 1. The summed E-state index contributed by atoms with van der Waals surface area (Å²) in [6.07, 6.45) is 13.7. The summed E-state index contributed by atoms with van der Waals surface area (Å²) < 4.78 is 34.6. The highest BCUT2D eigenvalue weighted by Gasteiger charge is 2.47. The first-order valence-corrected chi connectivity index (χ1v) is 16.5. The summed E-state index contributed by atoms with van der Waals surface area (Å²) in [5.74, 6) is 0.763. The number of hydrogen-bond acceptors (Lipinski definition) is 4. The van der Waals surface area contributed by atoms with Crippen LogP contribution in [0.15, 0.2) is 0 Å². The Morgan fingerprint density at radius 2 is 1.48 bits per heavy atom. The summed E-state index contributed by atoms with van der Waals surface area (Å²) in [6, 6.07) is 0. The minimum atomic E-state index is -2.63. The lowest BCUT2D eigenvalue weighted by Gasteiger charge is -2.42. The quantitative estimate of drug-likeness (QED) is 0.334. The Morgan fingerprint density at radius 3 is 2.03 bits per heavy atom. The highest BCUT2D eigenvalue weighted by atomic mass is 31.2. The molecule has 2 aliphatic rings. The largest absolute Gasteiger partial charge is 0.396 e. The minimum Gasteiger partial charge on any atom is -0.396 e. The molecule has 1 N–H and O–H groups in total. The number of unbranched alkanes of at least 4 members (excludes halogenated alkanes) is 2. The fraction of sp³-hybridized carbons (Fsp3) is 1.00. The molecular weight excluding hydrogens is 402 g/mol. The van der Waals surface area contributed by atoms with Crippen LogP contribution in [0.2, 0.25) is 0 Å². The van der Waals surface area contributed by atoms with Gasteiger partial charge in [-0.3, -0.25) is 0 Å². The van der Waals surface area contributed by atoms with Gasteiger partial charge in [0.1, 0.15) is 7.14 Å². The van der Waals surface area contributed by atoms with Gasteiger partial charge in [0.15, 0.2) is 0 Å². The van der Waals surface area contributed by atoms with Gasteiger partial charge in [0.2, 0.25) is 0 Å². The molecule has 0 spiro atoms. The number of aliphatic hydroxyl groups is 1. The molecule has 0 aromatic rings. The van der Waals surface area contributed by atoms with Crippen LogP contribution in [-0.2, 0) is 13.9 Å². The van der Waals surface area contributed by atoms with Crippen LogP contribution >= 0.6 is 14.3 Å². The second kappa shape index (κ2) is 12.4. The molecule has 2 aliphatic carbocycles. The molecular formula is C23H46O4P2. The fourth-order valence-electron chi connectivity index (χ4n) is 5.63. The van der Waals surface area contributed by atoms with Crippen LogP contribution in [0.3, 0.4) is 0 Å². The van der Waals surface area contributed by atoms with E-state index in [-0.39, 0.29) is 29.9 Å². The highest BCUT2D eigenvalue weighted by molar-refractivity contribution is 7.81. The zero-order chi connectivity index (χ0) is 21.3. The number of methoxy groups -OCH3 is 1. The van der Waals surface area contributed by atoms with Gasteiger partial charge < -0.3 is 19.0 Å². The van der Waals surface area contributed by atoms with Crippen LogP contribution < -0.4 is 0 Å². The van der Waals surface area contributed by atoms with E-state index in [1.165, 1.54) is 0 Å². The third-order valence-electron chi connectivity index (χ3n) is 7.50. The van der Waals surface area contributed by atoms with Crippen molar-refractivity contribution in [3.8, 4) is 0 Å². The molecule has 0 aromatic carbocycles. The Bertz CT molecular complexity index is 525. The van der Waals surface area contributed by atoms with Crippen molar-refractivity contribution in [2.45, 2.75) is 108 Å². The predicted molar refractivity (Wildman–Crippen MR) is 126 cm³/mol. The van der Waals surface area contributed by atoms with Gasteiger partial charge in [0.25, 0.3) is 0 Å². The van der Waals surface area contributed by atoms with Crippen LogP contribution in [0, 0.1) is 5.92 Å². The van der Waals surface area contributed by atoms with Gasteiger partial charge in [-0.1, -0.05) is 39.5 Å². The molecule has 0 heterocycles. The van der Waals surface area contributed by atoms with Crippen molar-refractivity contribution in [3.63, 3.8) is 0 Å². The topological polar surface area (TPSA) is 63.6 Å². The zero-order valence-electron chi connectivity index (χ0n) is 19.2. The van der Waals surface area contributed by atoms with E-state index in [2.05, 4.69) is 13.8 Å². The molecule has 0 aliphatic heterocycles. The summed E-state index contributed by atoms with van der Waals surface area (Å²) in [4.78, 5) is 0. The highest BCUT2D eigenvalue weighted by Crippen LogP contribution is 2.71. The molecule has 172 valence electrons. The summed E-state index contributed by atoms with van der Waals surface area (Å²) in [7, 11) is -3.29. The van der Waals surface area contributed by atoms with Gasteiger partial charge >= 0.3 is 0 Å². The Morgan fingerprint density at radius 1 is 0.897 bits per heavy atom. The van der Waals surface area contributed by atoms with Gasteiger partial charge in [-0.2, -0.15) is 0 Å². The van der Waals surface area contributed by atoms with Crippen molar-refractivity contribution in [2.75, 3.05) is 31.9 Å². The van der Waals surface area contributed by atoms with Gasteiger partial charge in [0, 0.05) is 37.4 Å². The lowest BCUT2D eigenvalue weighted by molar-refractivity contribution is 0.0715. The van der Waals surface area contributed by atoms with Gasteiger partial charge in [-0.05, 0) is 57.3 Å². The smallest absolute Gasteiger partial charge is 0.101 e. The standard InChI is InChI=1S/C23H46O4P2/c1-4-6-14-28(25,15-7-5-2)19-29(26,22-12-8-10-20(16-22)18-24)23-13-9-11-21(17-23)27-3/h20-24H,4-19H2,1-3H3. The van der Waals surface area contributed by atoms with Crippen LogP contribution in [-0.4, -0.2) is 54.5 Å². The Balaban J connectivity index is 2.31. The molecule has 0 saturated heterocycles. The first kappa shape index (κ1) is 25.6. The van der Waals surface area contributed by atoms with Gasteiger partial charge in [-0.25, -0.2) is 0 Å². The maximum absolute atomic E-state index is 14.9. The third-order valence-corrected chi connectivity index (χ3v) is 17.0. The first-order valence-electron chi connectivity index (χ1n) is 12.2. The summed E-state index contributed by atoms with van der Waals surface area (Å²) in [5.41, 5.74) is 0.325. The van der Waals surface area contributed by atoms with E-state index < -0.39 is 14.3 Å². The number of hydrogen-bond donors (Lipinski definition) is 1. The average molecular weight is 449 g/mol. The minimum absolute atomic E-state index is 0.158. The molecule has 29 heavy (non-hydrogen) atoms. The average Bonchev–Trinajstić information content (AvgIpc) is 2.76. The maximum atomic E-state index is 14.9. The van der Waals surface area contributed by atoms with E-state index in [1.54, 1.807) is 7.11 Å². The maximum Gasteiger partial charge on any atom is 0.101 e. The Labute approximate surface area is 179 Å². The molecule has 0 bridgehead atoms. The SMILES string of the molecule is CCCCP(=O)(CCCC)CP(=O)(C1CCCC(CO)C1)C1CCCC(OC)C1. The van der Waals surface area contributed by atoms with E-state index in [9.17, 15) is 14.2 Å². The second-order valence-corrected chi connectivity index (χ2v) is 17.1. The van der Waals surface area contributed by atoms with Crippen LogP contribution in [0.25, 0.3) is 0 Å². The molecule has 2 saturated carbocycles. The van der Waals surface area contributed by atoms with Crippen LogP contribution in [0.5, 0.6) is 0 Å². The molecule has 2 fully saturated rings. The van der Waals surface area contributed by atoms with Gasteiger partial charge in [-0.15, -0.1) is 0 Å². The third kappa shape index (κ3) is 7.20. The molecule has 2 rings (SSSR count). The fourth-order valence-corrected chi connectivity index (χ4v) is 16.9. The zero-order valence-corrected chi connectivity index (χ0v) is 21.0. The van der Waals surface area contributed by atoms with E-state index in [0.717, 1.165) is 89.4 Å². The second-order valence-electron chi connectivity index (χ2n) is 9.76. The Hall–Kier alpha value is 0.380. The predicted octanol–water partition coefficient (Wildman–Crippen LogP) is 6.78. The van der Waals surface area contributed by atoms with Crippen LogP contribution in [0.4, 0.5) is 0 Å². The molecule has 5 atom stereocenters. The number of aliphatic hydroxyl groups excluding tert-OH is 1. The normalized spacial score (nSPS) is 30.8. The Kier molecular flexibility index (Phi) is 11.0. The van der Waals surface area contributed by atoms with E-state index >= 15 is 0 Å². The van der Waals surface area contributed by atoms with Crippen LogP contribution in [0.1, 0.15) is 90.9 Å². The van der Waals surface area contributed by atoms with Crippen molar-refractivity contribution in [2.24, 2.45) is 5.92 Å². The number of rotatable bonds is 12. The molecule has 0 radical (unpaired) electrons. The molecule has 4 nitrogen and oxygen atoms in total. The summed E-state index contributed by atoms with van der Waals surface area (Å²) in [6.45, 7) is 4.51. The van der Waals surface area contributed by atoms with Crippen molar-refractivity contribution in [3.05, 3.63) is 0 Å². The van der Waals surface area contributed by atoms with E-state index in [1.807, 2.05) is 0 Å². The van der Waals surface area contributed by atoms with Crippen molar-refractivity contribution in [1.82, 2.24) is 0 Å². The van der Waals surface area contributed by atoms with E-state index in [0.29, 0.717) is 5.90 Å².